The predicted molar refractivity (Wildman–Crippen MR) is 159 cm³/mol. The van der Waals surface area contributed by atoms with Crippen LogP contribution in [0.5, 0.6) is 0 Å². The summed E-state index contributed by atoms with van der Waals surface area (Å²) in [6.45, 7) is 19.7. The molecule has 1 fully saturated rings. The van der Waals surface area contributed by atoms with Crippen molar-refractivity contribution in [2.24, 2.45) is 29.6 Å². The number of rotatable bonds is 16. The van der Waals surface area contributed by atoms with Crippen LogP contribution in [0.25, 0.3) is 5.57 Å². The minimum absolute atomic E-state index is 0.136. The molecule has 0 bridgehead atoms. The average Bonchev–Trinajstić information content (AvgIpc) is 2.89. The number of hydrogen-bond acceptors (Lipinski definition) is 3. The van der Waals surface area contributed by atoms with E-state index >= 15 is 0 Å². The van der Waals surface area contributed by atoms with Crippen LogP contribution >= 0.6 is 0 Å². The van der Waals surface area contributed by atoms with Gasteiger partial charge in [0.1, 0.15) is 0 Å². The second-order valence-corrected chi connectivity index (χ2v) is 11.4. The van der Waals surface area contributed by atoms with Crippen LogP contribution in [0.2, 0.25) is 0 Å². The molecule has 3 atom stereocenters. The van der Waals surface area contributed by atoms with Gasteiger partial charge in [-0.15, -0.1) is 6.58 Å². The summed E-state index contributed by atoms with van der Waals surface area (Å²) in [4.78, 5) is 40.1. The van der Waals surface area contributed by atoms with Crippen LogP contribution in [0.15, 0.2) is 68.3 Å². The van der Waals surface area contributed by atoms with Crippen LogP contribution in [0.4, 0.5) is 0 Å². The Morgan fingerprint density at radius 1 is 1.03 bits per heavy atom. The number of allylic oxidation sites excluding steroid dienone is 3. The smallest absolute Gasteiger partial charge is 0.229 e. The molecule has 0 radical (unpaired) electrons. The third-order valence-electron chi connectivity index (χ3n) is 7.90. The molecule has 0 heterocycles. The summed E-state index contributed by atoms with van der Waals surface area (Å²) in [5.41, 5.74) is 3.32. The molecule has 0 saturated heterocycles. The van der Waals surface area contributed by atoms with Gasteiger partial charge in [-0.3, -0.25) is 14.4 Å². The number of nitrogens with zero attached hydrogens (tertiary/aromatic N) is 1. The predicted octanol–water partition coefficient (Wildman–Crippen LogP) is 7.26. The maximum absolute atomic E-state index is 13.2. The van der Waals surface area contributed by atoms with E-state index in [4.69, 9.17) is 0 Å². The topological polar surface area (TPSA) is 54.5 Å². The molecule has 1 aromatic carbocycles. The van der Waals surface area contributed by atoms with Crippen molar-refractivity contribution in [2.45, 2.75) is 72.3 Å². The van der Waals surface area contributed by atoms with E-state index in [1.54, 1.807) is 26.1 Å². The Hall–Kier alpha value is -3.01. The summed E-state index contributed by atoms with van der Waals surface area (Å²) in [5.74, 6) is 0.522. The zero-order chi connectivity index (χ0) is 28.4. The van der Waals surface area contributed by atoms with Gasteiger partial charge >= 0.3 is 0 Å². The van der Waals surface area contributed by atoms with E-state index < -0.39 is 12.0 Å². The molecule has 0 N–H and O–H groups in total. The highest BCUT2D eigenvalue weighted by Gasteiger charge is 2.29. The van der Waals surface area contributed by atoms with Crippen molar-refractivity contribution < 1.29 is 14.4 Å². The van der Waals surface area contributed by atoms with Gasteiger partial charge < -0.3 is 4.90 Å². The summed E-state index contributed by atoms with van der Waals surface area (Å²) in [7, 11) is 1.66. The summed E-state index contributed by atoms with van der Waals surface area (Å²) < 4.78 is 0. The number of carbonyl (C=O) groups excluding carboxylic acids is 3. The standard InChI is InChI=1S/C34H47NO3/c1-9-24(6)34(38)35(8)31(18-23(4)5)33(37)17-16-30(32(36)11-3)22-27-12-14-29(15-13-27)25(7)19-28-20-26(10-2)21-28/h9,11-17,23-24,26,28,30-31H,1,3,7,10,18-22H2,2,4-6,8H3/b17-16-/t24-,26?,28?,30+,31-/m0/s1. The maximum atomic E-state index is 13.2. The van der Waals surface area contributed by atoms with E-state index in [0.29, 0.717) is 12.8 Å². The Morgan fingerprint density at radius 2 is 1.66 bits per heavy atom. The molecule has 206 valence electrons. The Morgan fingerprint density at radius 3 is 2.18 bits per heavy atom. The van der Waals surface area contributed by atoms with E-state index in [-0.39, 0.29) is 29.3 Å². The van der Waals surface area contributed by atoms with Gasteiger partial charge in [0.25, 0.3) is 0 Å². The zero-order valence-electron chi connectivity index (χ0n) is 24.1. The van der Waals surface area contributed by atoms with Crippen LogP contribution in [-0.2, 0) is 20.8 Å². The number of likely N-dealkylation sites (N-methyl/N-ethyl adjacent to an activating group) is 1. The van der Waals surface area contributed by atoms with Crippen molar-refractivity contribution >= 4 is 23.0 Å². The van der Waals surface area contributed by atoms with Crippen molar-refractivity contribution in [3.05, 3.63) is 79.4 Å². The van der Waals surface area contributed by atoms with E-state index in [2.05, 4.69) is 38.8 Å². The third-order valence-corrected chi connectivity index (χ3v) is 7.90. The first-order valence-electron chi connectivity index (χ1n) is 14.0. The first kappa shape index (κ1) is 31.2. The van der Waals surface area contributed by atoms with Gasteiger partial charge in [0, 0.05) is 13.0 Å². The normalized spacial score (nSPS) is 19.3. The summed E-state index contributed by atoms with van der Waals surface area (Å²) in [6, 6.07) is 7.66. The molecule has 1 amide bonds. The fraction of sp³-hybridized carbons (Fsp3) is 0.500. The fourth-order valence-corrected chi connectivity index (χ4v) is 5.19. The largest absolute Gasteiger partial charge is 0.335 e. The summed E-state index contributed by atoms with van der Waals surface area (Å²) in [6.07, 6.45) is 12.0. The van der Waals surface area contributed by atoms with Crippen molar-refractivity contribution in [3.8, 4) is 0 Å². The molecule has 4 nitrogen and oxygen atoms in total. The Labute approximate surface area is 230 Å². The molecular weight excluding hydrogens is 470 g/mol. The highest BCUT2D eigenvalue weighted by molar-refractivity contribution is 5.99. The van der Waals surface area contributed by atoms with Gasteiger partial charge in [0.05, 0.1) is 12.0 Å². The second-order valence-electron chi connectivity index (χ2n) is 11.4. The van der Waals surface area contributed by atoms with Crippen molar-refractivity contribution in [1.29, 1.82) is 0 Å². The van der Waals surface area contributed by atoms with Crippen LogP contribution in [0.3, 0.4) is 0 Å². The highest BCUT2D eigenvalue weighted by atomic mass is 16.2. The Bertz CT molecular complexity index is 1030. The minimum atomic E-state index is -0.589. The maximum Gasteiger partial charge on any atom is 0.229 e. The molecule has 4 heteroatoms. The molecule has 0 unspecified atom stereocenters. The van der Waals surface area contributed by atoms with Crippen LogP contribution < -0.4 is 0 Å². The van der Waals surface area contributed by atoms with E-state index in [1.807, 2.05) is 26.0 Å². The first-order valence-corrected chi connectivity index (χ1v) is 14.0. The number of benzene rings is 1. The lowest BCUT2D eigenvalue weighted by molar-refractivity contribution is -0.138. The summed E-state index contributed by atoms with van der Waals surface area (Å²) in [5, 5.41) is 0. The molecule has 0 spiro atoms. The molecule has 1 aromatic rings. The fourth-order valence-electron chi connectivity index (χ4n) is 5.19. The average molecular weight is 518 g/mol. The lowest BCUT2D eigenvalue weighted by atomic mass is 9.70. The van der Waals surface area contributed by atoms with Crippen LogP contribution in [0.1, 0.15) is 70.9 Å². The highest BCUT2D eigenvalue weighted by Crippen LogP contribution is 2.41. The van der Waals surface area contributed by atoms with Gasteiger partial charge in [-0.1, -0.05) is 83.7 Å². The van der Waals surface area contributed by atoms with E-state index in [9.17, 15) is 14.4 Å². The van der Waals surface area contributed by atoms with Crippen molar-refractivity contribution in [3.63, 3.8) is 0 Å². The minimum Gasteiger partial charge on any atom is -0.335 e. The molecule has 0 aliphatic heterocycles. The lowest BCUT2D eigenvalue weighted by Gasteiger charge is -2.35. The van der Waals surface area contributed by atoms with Gasteiger partial charge in [-0.05, 0) is 78.7 Å². The molecule has 1 saturated carbocycles. The molecule has 2 rings (SSSR count). The molecular formula is C34H47NO3. The van der Waals surface area contributed by atoms with E-state index in [1.165, 1.54) is 41.9 Å². The SMILES string of the molecule is C=CC(=O)[C@H](/C=C\C(=O)[C@H](CC(C)C)N(C)C(=O)[C@@H](C)C=C)Cc1ccc(C(=C)CC2CC(CC)C2)cc1. The lowest BCUT2D eigenvalue weighted by Crippen LogP contribution is -2.44. The Balaban J connectivity index is 2.10. The van der Waals surface area contributed by atoms with Gasteiger partial charge in [-0.25, -0.2) is 0 Å². The Kier molecular flexibility index (Phi) is 12.2. The van der Waals surface area contributed by atoms with Crippen molar-refractivity contribution in [1.82, 2.24) is 4.90 Å². The number of hydrogen-bond donors (Lipinski definition) is 0. The van der Waals surface area contributed by atoms with Crippen LogP contribution in [-0.4, -0.2) is 35.5 Å². The summed E-state index contributed by atoms with van der Waals surface area (Å²) >= 11 is 0. The number of amides is 1. The van der Waals surface area contributed by atoms with Gasteiger partial charge in [0.2, 0.25) is 5.91 Å². The molecule has 1 aliphatic rings. The van der Waals surface area contributed by atoms with E-state index in [0.717, 1.165) is 29.4 Å². The van der Waals surface area contributed by atoms with Crippen LogP contribution in [0, 0.1) is 29.6 Å². The molecule has 1 aliphatic carbocycles. The number of carbonyl (C=O) groups is 3. The van der Waals surface area contributed by atoms with Gasteiger partial charge in [-0.2, -0.15) is 0 Å². The first-order chi connectivity index (χ1) is 18.0. The van der Waals surface area contributed by atoms with Gasteiger partial charge in [0.15, 0.2) is 11.6 Å². The van der Waals surface area contributed by atoms with Crippen molar-refractivity contribution in [2.75, 3.05) is 7.05 Å². The number of ketones is 2. The zero-order valence-corrected chi connectivity index (χ0v) is 24.1. The molecule has 38 heavy (non-hydrogen) atoms. The monoisotopic (exact) mass is 517 g/mol. The third kappa shape index (κ3) is 8.79. The molecule has 0 aromatic heterocycles. The second kappa shape index (κ2) is 14.8. The quantitative estimate of drug-likeness (QED) is 0.171.